The molecule has 3 amide bonds. The van der Waals surface area contributed by atoms with E-state index in [1.807, 2.05) is 6.92 Å². The zero-order valence-corrected chi connectivity index (χ0v) is 20.4. The maximum absolute atomic E-state index is 14.1. The van der Waals surface area contributed by atoms with E-state index in [-0.39, 0.29) is 28.4 Å². The number of amides is 3. The Hall–Kier alpha value is -2.75. The van der Waals surface area contributed by atoms with Gasteiger partial charge in [0.05, 0.1) is 24.9 Å². The number of carbonyl (C=O) groups is 4. The van der Waals surface area contributed by atoms with Gasteiger partial charge in [-0.3, -0.25) is 14.4 Å². The molecule has 5 heterocycles. The number of hydrogen-bond donors (Lipinski definition) is 2. The zero-order valence-electron chi connectivity index (χ0n) is 18.9. The standard InChI is InChI=1S/C24H22ClN3O5S/c1-10-11(2)34-21(16(10)22(31)33-3)28-19(29)17-15-5-4-8-27(15)24(18(17)20(28)30)13-9-12(25)6-7-14(13)26-23(24)32/h6-7,9,15,17-18H,4-5,8H2,1-3H3,(H,26,32)/p+1/t15-,17+,18+,24-/m1/s1. The second-order valence-corrected chi connectivity index (χ2v) is 11.1. The number of benzene rings is 1. The Morgan fingerprint density at radius 1 is 1.26 bits per heavy atom. The van der Waals surface area contributed by atoms with Crippen LogP contribution in [0.2, 0.25) is 5.02 Å². The summed E-state index contributed by atoms with van der Waals surface area (Å²) in [5.41, 5.74) is 0.998. The summed E-state index contributed by atoms with van der Waals surface area (Å²) in [7, 11) is 1.28. The van der Waals surface area contributed by atoms with Crippen LogP contribution in [0.25, 0.3) is 0 Å². The summed E-state index contributed by atoms with van der Waals surface area (Å²) in [6.07, 6.45) is 1.61. The smallest absolute Gasteiger partial charge is 0.341 e. The number of ether oxygens (including phenoxy) is 1. The van der Waals surface area contributed by atoms with Crippen molar-refractivity contribution in [1.29, 1.82) is 0 Å². The first-order valence-electron chi connectivity index (χ1n) is 11.3. The van der Waals surface area contributed by atoms with Gasteiger partial charge < -0.3 is 15.0 Å². The highest BCUT2D eigenvalue weighted by atomic mass is 35.5. The SMILES string of the molecule is COC(=O)c1c(N2C(=O)[C@H]3[C@H]4CCC[NH+]4[C@@]4(C(=O)Nc5ccc(Cl)cc54)[C@@H]3C2=O)sc(C)c1C. The van der Waals surface area contributed by atoms with Gasteiger partial charge in [-0.25, -0.2) is 9.69 Å². The van der Waals surface area contributed by atoms with Crippen molar-refractivity contribution in [3.05, 3.63) is 44.8 Å². The summed E-state index contributed by atoms with van der Waals surface area (Å²) >= 11 is 7.57. The fourth-order valence-corrected chi connectivity index (χ4v) is 8.07. The lowest BCUT2D eigenvalue weighted by atomic mass is 9.75. The summed E-state index contributed by atoms with van der Waals surface area (Å²) in [6, 6.07) is 5.05. The summed E-state index contributed by atoms with van der Waals surface area (Å²) in [5.74, 6) is -3.15. The largest absolute Gasteiger partial charge is 0.465 e. The van der Waals surface area contributed by atoms with E-state index in [0.717, 1.165) is 27.5 Å². The van der Waals surface area contributed by atoms with Crippen LogP contribution in [0.3, 0.4) is 0 Å². The van der Waals surface area contributed by atoms with E-state index < -0.39 is 29.3 Å². The van der Waals surface area contributed by atoms with Crippen LogP contribution in [0.4, 0.5) is 10.7 Å². The Kier molecular flexibility index (Phi) is 4.56. The van der Waals surface area contributed by atoms with Gasteiger partial charge in [0.15, 0.2) is 0 Å². The van der Waals surface area contributed by atoms with Gasteiger partial charge in [0, 0.05) is 28.3 Å². The monoisotopic (exact) mass is 500 g/mol. The molecular formula is C24H23ClN3O5S+. The number of carbonyl (C=O) groups excluding carboxylic acids is 4. The van der Waals surface area contributed by atoms with Crippen LogP contribution < -0.4 is 15.1 Å². The number of anilines is 2. The van der Waals surface area contributed by atoms with Gasteiger partial charge in [-0.05, 0) is 37.6 Å². The summed E-state index contributed by atoms with van der Waals surface area (Å²) in [5, 5.41) is 3.71. The molecular weight excluding hydrogens is 478 g/mol. The minimum absolute atomic E-state index is 0.161. The number of esters is 1. The van der Waals surface area contributed by atoms with Crippen molar-refractivity contribution in [2.75, 3.05) is 23.9 Å². The number of hydrogen-bond acceptors (Lipinski definition) is 6. The van der Waals surface area contributed by atoms with Gasteiger partial charge in [-0.1, -0.05) is 11.6 Å². The fourth-order valence-electron chi connectivity index (χ4n) is 6.74. The fraction of sp³-hybridized carbons (Fsp3) is 0.417. The van der Waals surface area contributed by atoms with Crippen LogP contribution in [0, 0.1) is 25.7 Å². The molecule has 1 aromatic carbocycles. The maximum Gasteiger partial charge on any atom is 0.341 e. The van der Waals surface area contributed by atoms with Crippen molar-refractivity contribution in [2.45, 2.75) is 38.3 Å². The number of quaternary nitrogens is 1. The van der Waals surface area contributed by atoms with Crippen LogP contribution in [0.15, 0.2) is 18.2 Å². The molecule has 5 atom stereocenters. The second-order valence-electron chi connectivity index (χ2n) is 9.45. The summed E-state index contributed by atoms with van der Waals surface area (Å²) < 4.78 is 4.97. The van der Waals surface area contributed by atoms with Crippen LogP contribution in [-0.2, 0) is 24.7 Å². The molecule has 34 heavy (non-hydrogen) atoms. The number of aryl methyl sites for hydroxylation is 1. The number of imide groups is 1. The first-order valence-corrected chi connectivity index (χ1v) is 12.5. The minimum Gasteiger partial charge on any atom is -0.465 e. The molecule has 3 saturated heterocycles. The van der Waals surface area contributed by atoms with Crippen molar-refractivity contribution >= 4 is 57.3 Å². The van der Waals surface area contributed by atoms with Crippen LogP contribution >= 0.6 is 22.9 Å². The van der Waals surface area contributed by atoms with Gasteiger partial charge >= 0.3 is 5.97 Å². The number of nitrogens with zero attached hydrogens (tertiary/aromatic N) is 1. The Morgan fingerprint density at radius 2 is 2.03 bits per heavy atom. The average Bonchev–Trinajstić information content (AvgIpc) is 3.56. The Morgan fingerprint density at radius 3 is 2.76 bits per heavy atom. The average molecular weight is 501 g/mol. The van der Waals surface area contributed by atoms with Crippen LogP contribution in [0.5, 0.6) is 0 Å². The molecule has 3 fully saturated rings. The lowest BCUT2D eigenvalue weighted by Gasteiger charge is -2.33. The van der Waals surface area contributed by atoms with Crippen LogP contribution in [-0.4, -0.2) is 43.4 Å². The van der Waals surface area contributed by atoms with Gasteiger partial charge in [0.1, 0.15) is 22.9 Å². The predicted octanol–water partition coefficient (Wildman–Crippen LogP) is 1.82. The first-order chi connectivity index (χ1) is 16.2. The third-order valence-corrected chi connectivity index (χ3v) is 9.57. The molecule has 176 valence electrons. The second kappa shape index (κ2) is 7.13. The normalized spacial score (nSPS) is 31.2. The van der Waals surface area contributed by atoms with Crippen molar-refractivity contribution in [3.63, 3.8) is 0 Å². The van der Waals surface area contributed by atoms with Gasteiger partial charge in [-0.2, -0.15) is 0 Å². The number of fused-ring (bicyclic) bond motifs is 7. The van der Waals surface area contributed by atoms with Gasteiger partial charge in [-0.15, -0.1) is 11.3 Å². The molecule has 0 bridgehead atoms. The Bertz CT molecular complexity index is 1320. The number of rotatable bonds is 2. The molecule has 8 nitrogen and oxygen atoms in total. The molecule has 2 N–H and O–H groups in total. The Labute approximate surface area is 204 Å². The topological polar surface area (TPSA) is 97.2 Å². The maximum atomic E-state index is 14.1. The van der Waals surface area contributed by atoms with Crippen molar-refractivity contribution in [1.82, 2.24) is 0 Å². The molecule has 1 unspecified atom stereocenters. The molecule has 1 aromatic heterocycles. The Balaban J connectivity index is 1.56. The molecule has 1 spiro atoms. The van der Waals surface area contributed by atoms with E-state index in [9.17, 15) is 19.2 Å². The summed E-state index contributed by atoms with van der Waals surface area (Å²) in [4.78, 5) is 57.4. The molecule has 4 aliphatic rings. The third kappa shape index (κ3) is 2.42. The molecule has 6 rings (SSSR count). The summed E-state index contributed by atoms with van der Waals surface area (Å²) in [6.45, 7) is 4.32. The highest BCUT2D eigenvalue weighted by molar-refractivity contribution is 7.17. The number of halogens is 1. The molecule has 4 aliphatic heterocycles. The highest BCUT2D eigenvalue weighted by Gasteiger charge is 2.78. The molecule has 0 radical (unpaired) electrons. The third-order valence-electron chi connectivity index (χ3n) is 8.14. The first kappa shape index (κ1) is 21.8. The van der Waals surface area contributed by atoms with Crippen LogP contribution in [0.1, 0.15) is 39.2 Å². The number of methoxy groups -OCH3 is 1. The van der Waals surface area contributed by atoms with E-state index in [4.69, 9.17) is 16.3 Å². The molecule has 0 saturated carbocycles. The van der Waals surface area contributed by atoms with E-state index in [2.05, 4.69) is 5.32 Å². The lowest BCUT2D eigenvalue weighted by Crippen LogP contribution is -3.19. The number of thiophene rings is 1. The predicted molar refractivity (Wildman–Crippen MR) is 125 cm³/mol. The lowest BCUT2D eigenvalue weighted by molar-refractivity contribution is -0.948. The highest BCUT2D eigenvalue weighted by Crippen LogP contribution is 2.53. The molecule has 0 aliphatic carbocycles. The van der Waals surface area contributed by atoms with E-state index >= 15 is 0 Å². The zero-order chi connectivity index (χ0) is 24.1. The molecule has 2 aromatic rings. The van der Waals surface area contributed by atoms with Crippen molar-refractivity contribution < 1.29 is 28.8 Å². The van der Waals surface area contributed by atoms with Crippen molar-refractivity contribution in [2.24, 2.45) is 11.8 Å². The van der Waals surface area contributed by atoms with E-state index in [1.165, 1.54) is 18.4 Å². The minimum atomic E-state index is -1.22. The van der Waals surface area contributed by atoms with E-state index in [0.29, 0.717) is 28.4 Å². The van der Waals surface area contributed by atoms with E-state index in [1.54, 1.807) is 25.1 Å². The quantitative estimate of drug-likeness (QED) is 0.484. The van der Waals surface area contributed by atoms with Crippen molar-refractivity contribution in [3.8, 4) is 0 Å². The number of nitrogens with one attached hydrogen (secondary N) is 2. The van der Waals surface area contributed by atoms with Gasteiger partial charge in [0.25, 0.3) is 5.91 Å². The van der Waals surface area contributed by atoms with Gasteiger partial charge in [0.2, 0.25) is 17.4 Å². The molecule has 10 heteroatoms.